The second-order valence-corrected chi connectivity index (χ2v) is 16.3. The molecule has 13 rings (SSSR count). The second-order valence-electron chi connectivity index (χ2n) is 16.3. The SMILES string of the molecule is c1ccc(-c2c3ccccc3c(-c3ccc(-n4c5c6ccccc6ccc5c5cc(-c6ccc7c(c6)Cc6ccccc6-7)c6ccccc6c54)cc3)c3ccccc23)cc1. The molecule has 1 aliphatic rings. The zero-order chi connectivity index (χ0) is 39.3. The number of rotatable bonds is 4. The van der Waals surface area contributed by atoms with Gasteiger partial charge in [0.1, 0.15) is 0 Å². The summed E-state index contributed by atoms with van der Waals surface area (Å²) in [5, 5.41) is 12.6. The number of hydrogen-bond donors (Lipinski definition) is 0. The fourth-order valence-corrected chi connectivity index (χ4v) is 10.6. The highest BCUT2D eigenvalue weighted by Crippen LogP contribution is 2.47. The van der Waals surface area contributed by atoms with Crippen LogP contribution >= 0.6 is 0 Å². The van der Waals surface area contributed by atoms with Crippen LogP contribution in [0.4, 0.5) is 0 Å². The topological polar surface area (TPSA) is 4.93 Å². The first-order chi connectivity index (χ1) is 29.8. The number of nitrogens with zero attached hydrogens (tertiary/aromatic N) is 1. The van der Waals surface area contributed by atoms with Crippen molar-refractivity contribution in [3.63, 3.8) is 0 Å². The minimum absolute atomic E-state index is 0.976. The van der Waals surface area contributed by atoms with Gasteiger partial charge in [-0.3, -0.25) is 0 Å². The molecular weight excluding hydrogens is 723 g/mol. The van der Waals surface area contributed by atoms with Crippen molar-refractivity contribution in [2.75, 3.05) is 0 Å². The Kier molecular flexibility index (Phi) is 7.14. The van der Waals surface area contributed by atoms with Gasteiger partial charge in [0, 0.05) is 27.2 Å². The molecule has 0 fully saturated rings. The predicted molar refractivity (Wildman–Crippen MR) is 255 cm³/mol. The molecule has 0 N–H and O–H groups in total. The maximum atomic E-state index is 2.54. The average molecular weight is 760 g/mol. The largest absolute Gasteiger partial charge is 0.308 e. The first-order valence-electron chi connectivity index (χ1n) is 21.0. The molecule has 278 valence electrons. The molecular formula is C59H37N. The molecule has 12 aromatic rings. The Balaban J connectivity index is 1.05. The predicted octanol–water partition coefficient (Wildman–Crippen LogP) is 16.0. The lowest BCUT2D eigenvalue weighted by atomic mass is 9.86. The van der Waals surface area contributed by atoms with Gasteiger partial charge in [0.25, 0.3) is 0 Å². The minimum Gasteiger partial charge on any atom is -0.308 e. The van der Waals surface area contributed by atoms with E-state index < -0.39 is 0 Å². The quantitative estimate of drug-likeness (QED) is 0.158. The van der Waals surface area contributed by atoms with E-state index in [2.05, 4.69) is 217 Å². The van der Waals surface area contributed by atoms with Crippen LogP contribution in [0.3, 0.4) is 0 Å². The summed E-state index contributed by atoms with van der Waals surface area (Å²) in [6, 6.07) is 79.0. The maximum Gasteiger partial charge on any atom is 0.0620 e. The summed E-state index contributed by atoms with van der Waals surface area (Å²) in [5.41, 5.74) is 16.7. The van der Waals surface area contributed by atoms with Crippen LogP contribution in [0.5, 0.6) is 0 Å². The normalized spacial score (nSPS) is 12.3. The first-order valence-corrected chi connectivity index (χ1v) is 21.0. The summed E-state index contributed by atoms with van der Waals surface area (Å²) in [5.74, 6) is 0. The summed E-state index contributed by atoms with van der Waals surface area (Å²) in [7, 11) is 0. The summed E-state index contributed by atoms with van der Waals surface area (Å²) in [4.78, 5) is 0. The van der Waals surface area contributed by atoms with Crippen LogP contribution in [0.15, 0.2) is 212 Å². The van der Waals surface area contributed by atoms with E-state index in [0.29, 0.717) is 0 Å². The van der Waals surface area contributed by atoms with Crippen LogP contribution in [0.1, 0.15) is 11.1 Å². The van der Waals surface area contributed by atoms with Crippen LogP contribution in [0.2, 0.25) is 0 Å². The van der Waals surface area contributed by atoms with Gasteiger partial charge in [-0.1, -0.05) is 194 Å². The first kappa shape index (κ1) is 33.3. The standard InChI is InChI=1S/C59H37N/c1-2-15-38(16-3-1)56-48-21-9-11-23-50(48)57(51-24-12-10-22-49(51)56)39-26-30-43(31-27-39)60-58-46-19-7-4-14-37(46)28-33-53(58)55-36-54(47-20-8-13-25-52(47)59(55)60)41-29-32-45-42(35-41)34-40-17-5-6-18-44(40)45/h1-33,35-36H,34H2. The van der Waals surface area contributed by atoms with Crippen LogP contribution in [-0.2, 0) is 6.42 Å². The molecule has 0 aliphatic heterocycles. The second kappa shape index (κ2) is 12.9. The van der Waals surface area contributed by atoms with Crippen molar-refractivity contribution >= 4 is 64.9 Å². The van der Waals surface area contributed by atoms with E-state index in [-0.39, 0.29) is 0 Å². The van der Waals surface area contributed by atoms with Crippen molar-refractivity contribution < 1.29 is 0 Å². The molecule has 0 saturated carbocycles. The highest BCUT2D eigenvalue weighted by Gasteiger charge is 2.23. The number of benzene rings is 11. The number of fused-ring (bicyclic) bond motifs is 12. The Hall–Kier alpha value is -7.74. The zero-order valence-corrected chi connectivity index (χ0v) is 32.9. The molecule has 60 heavy (non-hydrogen) atoms. The summed E-state index contributed by atoms with van der Waals surface area (Å²) in [6.45, 7) is 0. The van der Waals surface area contributed by atoms with Gasteiger partial charge in [-0.25, -0.2) is 0 Å². The van der Waals surface area contributed by atoms with E-state index in [9.17, 15) is 0 Å². The lowest BCUT2D eigenvalue weighted by Crippen LogP contribution is -1.96. The molecule has 0 atom stereocenters. The van der Waals surface area contributed by atoms with Gasteiger partial charge >= 0.3 is 0 Å². The van der Waals surface area contributed by atoms with E-state index in [1.165, 1.54) is 121 Å². The molecule has 0 unspecified atom stereocenters. The van der Waals surface area contributed by atoms with Crippen molar-refractivity contribution in [2.24, 2.45) is 0 Å². The molecule has 0 amide bonds. The number of aromatic nitrogens is 1. The molecule has 1 heterocycles. The van der Waals surface area contributed by atoms with E-state index in [1.54, 1.807) is 0 Å². The molecule has 1 heteroatoms. The van der Waals surface area contributed by atoms with Gasteiger partial charge in [-0.15, -0.1) is 0 Å². The summed E-state index contributed by atoms with van der Waals surface area (Å²) >= 11 is 0. The Bertz CT molecular complexity index is 3660. The third kappa shape index (κ3) is 4.81. The Morgan fingerprint density at radius 1 is 0.283 bits per heavy atom. The van der Waals surface area contributed by atoms with Crippen LogP contribution in [0.25, 0.3) is 115 Å². The molecule has 11 aromatic carbocycles. The summed E-state index contributed by atoms with van der Waals surface area (Å²) < 4.78 is 2.54. The molecule has 1 aliphatic carbocycles. The molecule has 0 spiro atoms. The fourth-order valence-electron chi connectivity index (χ4n) is 10.6. The van der Waals surface area contributed by atoms with Crippen molar-refractivity contribution in [3.05, 3.63) is 223 Å². The Morgan fingerprint density at radius 2 is 0.800 bits per heavy atom. The molecule has 1 aromatic heterocycles. The van der Waals surface area contributed by atoms with Crippen molar-refractivity contribution in [3.8, 4) is 50.2 Å². The van der Waals surface area contributed by atoms with Gasteiger partial charge in [0.2, 0.25) is 0 Å². The summed E-state index contributed by atoms with van der Waals surface area (Å²) in [6.07, 6.45) is 0.976. The third-order valence-electron chi connectivity index (χ3n) is 13.2. The molecule has 0 radical (unpaired) electrons. The average Bonchev–Trinajstić information content (AvgIpc) is 3.86. The smallest absolute Gasteiger partial charge is 0.0620 e. The number of hydrogen-bond acceptors (Lipinski definition) is 0. The fraction of sp³-hybridized carbons (Fsp3) is 0.0169. The Morgan fingerprint density at radius 3 is 1.52 bits per heavy atom. The monoisotopic (exact) mass is 759 g/mol. The van der Waals surface area contributed by atoms with Gasteiger partial charge in [-0.2, -0.15) is 0 Å². The van der Waals surface area contributed by atoms with Crippen molar-refractivity contribution in [1.29, 1.82) is 0 Å². The molecule has 1 nitrogen and oxygen atoms in total. The van der Waals surface area contributed by atoms with Gasteiger partial charge in [0.05, 0.1) is 11.0 Å². The molecule has 0 saturated heterocycles. The van der Waals surface area contributed by atoms with E-state index in [0.717, 1.165) is 12.1 Å². The van der Waals surface area contributed by atoms with Gasteiger partial charge < -0.3 is 4.57 Å². The Labute approximate surface area is 348 Å². The van der Waals surface area contributed by atoms with Gasteiger partial charge in [-0.05, 0) is 113 Å². The third-order valence-corrected chi connectivity index (χ3v) is 13.2. The van der Waals surface area contributed by atoms with E-state index in [4.69, 9.17) is 0 Å². The van der Waals surface area contributed by atoms with Crippen molar-refractivity contribution in [2.45, 2.75) is 6.42 Å². The maximum absolute atomic E-state index is 2.54. The minimum atomic E-state index is 0.976. The van der Waals surface area contributed by atoms with Crippen molar-refractivity contribution in [1.82, 2.24) is 4.57 Å². The highest BCUT2D eigenvalue weighted by molar-refractivity contribution is 6.26. The van der Waals surface area contributed by atoms with Gasteiger partial charge in [0.15, 0.2) is 0 Å². The lowest BCUT2D eigenvalue weighted by Gasteiger charge is -2.18. The van der Waals surface area contributed by atoms with Crippen LogP contribution < -0.4 is 0 Å². The lowest BCUT2D eigenvalue weighted by molar-refractivity contribution is 1.19. The van der Waals surface area contributed by atoms with Crippen LogP contribution in [0, 0.1) is 0 Å². The highest BCUT2D eigenvalue weighted by atomic mass is 15.0. The zero-order valence-electron chi connectivity index (χ0n) is 32.9. The van der Waals surface area contributed by atoms with Crippen LogP contribution in [-0.4, -0.2) is 4.57 Å². The molecule has 0 bridgehead atoms. The van der Waals surface area contributed by atoms with E-state index in [1.807, 2.05) is 0 Å². The van der Waals surface area contributed by atoms with E-state index >= 15 is 0 Å².